The molecular formula is C24H27N3O2. The van der Waals surface area contributed by atoms with E-state index >= 15 is 0 Å². The van der Waals surface area contributed by atoms with Crippen molar-refractivity contribution in [2.24, 2.45) is 0 Å². The van der Waals surface area contributed by atoms with Crippen LogP contribution in [-0.2, 0) is 4.79 Å². The Bertz CT molecular complexity index is 1040. The Kier molecular flexibility index (Phi) is 5.65. The van der Waals surface area contributed by atoms with E-state index in [0.29, 0.717) is 6.04 Å². The monoisotopic (exact) mass is 389 g/mol. The first-order chi connectivity index (χ1) is 14.2. The van der Waals surface area contributed by atoms with Crippen LogP contribution < -0.4 is 4.74 Å². The van der Waals surface area contributed by atoms with Crippen LogP contribution in [0, 0.1) is 0 Å². The number of benzene rings is 1. The van der Waals surface area contributed by atoms with E-state index in [1.807, 2.05) is 64.2 Å². The van der Waals surface area contributed by atoms with Gasteiger partial charge in [0.1, 0.15) is 11.4 Å². The molecule has 5 heteroatoms. The minimum Gasteiger partial charge on any atom is -0.497 e. The van der Waals surface area contributed by atoms with Gasteiger partial charge >= 0.3 is 0 Å². The number of nitrogens with zero attached hydrogens (tertiary/aromatic N) is 3. The molecule has 1 aliphatic heterocycles. The Hall–Kier alpha value is -3.08. The molecule has 1 fully saturated rings. The third-order valence-corrected chi connectivity index (χ3v) is 5.70. The Morgan fingerprint density at radius 1 is 1.24 bits per heavy atom. The molecule has 0 radical (unpaired) electrons. The molecule has 1 aromatic carbocycles. The second-order valence-corrected chi connectivity index (χ2v) is 7.45. The topological polar surface area (TPSA) is 46.8 Å². The van der Waals surface area contributed by atoms with Crippen molar-refractivity contribution in [3.8, 4) is 17.0 Å². The van der Waals surface area contributed by atoms with Gasteiger partial charge in [-0.3, -0.25) is 4.79 Å². The van der Waals surface area contributed by atoms with Crippen LogP contribution in [0.5, 0.6) is 5.75 Å². The van der Waals surface area contributed by atoms with Crippen LogP contribution in [0.15, 0.2) is 54.7 Å². The van der Waals surface area contributed by atoms with Crippen LogP contribution in [0.3, 0.4) is 0 Å². The Morgan fingerprint density at radius 3 is 2.97 bits per heavy atom. The van der Waals surface area contributed by atoms with E-state index < -0.39 is 0 Å². The maximum absolute atomic E-state index is 12.9. The molecule has 150 valence electrons. The lowest BCUT2D eigenvalue weighted by atomic mass is 9.99. The SMILES string of the molecule is CCC1CCCCN1C(=O)/C=C/c1c(-c2cccc(OC)c2)nn2ccccc12. The number of fused-ring (bicyclic) bond motifs is 1. The van der Waals surface area contributed by atoms with Crippen molar-refractivity contribution in [1.29, 1.82) is 0 Å². The highest BCUT2D eigenvalue weighted by molar-refractivity contribution is 5.95. The van der Waals surface area contributed by atoms with Gasteiger partial charge in [0, 0.05) is 36.0 Å². The summed E-state index contributed by atoms with van der Waals surface area (Å²) < 4.78 is 7.23. The molecule has 1 unspecified atom stereocenters. The summed E-state index contributed by atoms with van der Waals surface area (Å²) in [6, 6.07) is 14.2. The Morgan fingerprint density at radius 2 is 2.14 bits per heavy atom. The molecule has 1 atom stereocenters. The van der Waals surface area contributed by atoms with Gasteiger partial charge in [0.05, 0.1) is 12.6 Å². The average Bonchev–Trinajstić information content (AvgIpc) is 3.16. The maximum atomic E-state index is 12.9. The molecule has 0 N–H and O–H groups in total. The third kappa shape index (κ3) is 3.90. The Balaban J connectivity index is 1.72. The van der Waals surface area contributed by atoms with Crippen molar-refractivity contribution in [3.63, 3.8) is 0 Å². The number of pyridine rings is 1. The number of hydrogen-bond acceptors (Lipinski definition) is 3. The standard InChI is InChI=1S/C24H27N3O2/c1-3-19-10-4-6-15-26(19)23(28)14-13-21-22-12-5-7-16-27(22)25-24(21)18-9-8-11-20(17-18)29-2/h5,7-9,11-14,16-17,19H,3-4,6,10,15H2,1-2H3/b14-13+. The number of rotatable bonds is 5. The zero-order valence-corrected chi connectivity index (χ0v) is 17.0. The largest absolute Gasteiger partial charge is 0.497 e. The predicted molar refractivity (Wildman–Crippen MR) is 116 cm³/mol. The summed E-state index contributed by atoms with van der Waals surface area (Å²) in [5.74, 6) is 0.869. The number of likely N-dealkylation sites (tertiary alicyclic amines) is 1. The van der Waals surface area contributed by atoms with Gasteiger partial charge < -0.3 is 9.64 Å². The van der Waals surface area contributed by atoms with E-state index in [4.69, 9.17) is 9.84 Å². The molecule has 3 aromatic rings. The predicted octanol–water partition coefficient (Wildman–Crippen LogP) is 4.81. The summed E-state index contributed by atoms with van der Waals surface area (Å²) >= 11 is 0. The lowest BCUT2D eigenvalue weighted by molar-refractivity contribution is -0.129. The average molecular weight is 389 g/mol. The summed E-state index contributed by atoms with van der Waals surface area (Å²) in [5.41, 5.74) is 3.71. The van der Waals surface area contributed by atoms with Crippen LogP contribution in [0.25, 0.3) is 22.9 Å². The second kappa shape index (κ2) is 8.52. The second-order valence-electron chi connectivity index (χ2n) is 7.45. The number of carbonyl (C=O) groups excluding carboxylic acids is 1. The van der Waals surface area contributed by atoms with Gasteiger partial charge in [-0.25, -0.2) is 4.52 Å². The molecule has 29 heavy (non-hydrogen) atoms. The first kappa shape index (κ1) is 19.2. The van der Waals surface area contributed by atoms with Gasteiger partial charge in [-0.15, -0.1) is 0 Å². The van der Waals surface area contributed by atoms with Gasteiger partial charge in [0.2, 0.25) is 5.91 Å². The highest BCUT2D eigenvalue weighted by atomic mass is 16.5. The lowest BCUT2D eigenvalue weighted by Crippen LogP contribution is -2.42. The number of carbonyl (C=O) groups is 1. The summed E-state index contributed by atoms with van der Waals surface area (Å²) in [5, 5.41) is 4.76. The van der Waals surface area contributed by atoms with E-state index in [9.17, 15) is 4.79 Å². The summed E-state index contributed by atoms with van der Waals surface area (Å²) in [7, 11) is 1.66. The first-order valence-electron chi connectivity index (χ1n) is 10.3. The number of hydrogen-bond donors (Lipinski definition) is 0. The summed E-state index contributed by atoms with van der Waals surface area (Å²) in [6.45, 7) is 3.01. The molecule has 2 aromatic heterocycles. The molecule has 1 aliphatic rings. The van der Waals surface area contributed by atoms with Crippen molar-refractivity contribution < 1.29 is 9.53 Å². The van der Waals surface area contributed by atoms with E-state index in [0.717, 1.165) is 53.9 Å². The molecule has 1 amide bonds. The van der Waals surface area contributed by atoms with Crippen molar-refractivity contribution in [2.45, 2.75) is 38.6 Å². The zero-order valence-electron chi connectivity index (χ0n) is 17.0. The van der Waals surface area contributed by atoms with E-state index in [-0.39, 0.29) is 5.91 Å². The Labute approximate surface area is 171 Å². The molecule has 3 heterocycles. The number of piperidine rings is 1. The fraction of sp³-hybridized carbons (Fsp3) is 0.333. The number of ether oxygens (including phenoxy) is 1. The van der Waals surface area contributed by atoms with Crippen molar-refractivity contribution in [1.82, 2.24) is 14.5 Å². The molecule has 1 saturated heterocycles. The quantitative estimate of drug-likeness (QED) is 0.588. The first-order valence-corrected chi connectivity index (χ1v) is 10.3. The maximum Gasteiger partial charge on any atom is 0.246 e. The summed E-state index contributed by atoms with van der Waals surface area (Å²) in [6.07, 6.45) is 9.95. The van der Waals surface area contributed by atoms with Gasteiger partial charge in [-0.1, -0.05) is 25.1 Å². The minimum atomic E-state index is 0.0865. The van der Waals surface area contributed by atoms with Crippen molar-refractivity contribution >= 4 is 17.5 Å². The van der Waals surface area contributed by atoms with Gasteiger partial charge in [0.15, 0.2) is 0 Å². The highest BCUT2D eigenvalue weighted by Gasteiger charge is 2.24. The fourth-order valence-electron chi connectivity index (χ4n) is 4.13. The third-order valence-electron chi connectivity index (χ3n) is 5.70. The van der Waals surface area contributed by atoms with Gasteiger partial charge in [0.25, 0.3) is 0 Å². The number of methoxy groups -OCH3 is 1. The summed E-state index contributed by atoms with van der Waals surface area (Å²) in [4.78, 5) is 15.0. The molecule has 0 spiro atoms. The van der Waals surface area contributed by atoms with Crippen LogP contribution in [0.1, 0.15) is 38.2 Å². The molecule has 5 nitrogen and oxygen atoms in total. The molecule has 0 bridgehead atoms. The zero-order chi connectivity index (χ0) is 20.2. The lowest BCUT2D eigenvalue weighted by Gasteiger charge is -2.34. The van der Waals surface area contributed by atoms with Crippen molar-refractivity contribution in [2.75, 3.05) is 13.7 Å². The van der Waals surface area contributed by atoms with E-state index in [1.54, 1.807) is 13.2 Å². The minimum absolute atomic E-state index is 0.0865. The van der Waals surface area contributed by atoms with E-state index in [2.05, 4.69) is 6.92 Å². The van der Waals surface area contributed by atoms with Crippen LogP contribution in [0.2, 0.25) is 0 Å². The molecule has 0 aliphatic carbocycles. The number of amides is 1. The fourth-order valence-corrected chi connectivity index (χ4v) is 4.13. The van der Waals surface area contributed by atoms with Gasteiger partial charge in [-0.05, 0) is 56.0 Å². The highest BCUT2D eigenvalue weighted by Crippen LogP contribution is 2.30. The van der Waals surface area contributed by atoms with Gasteiger partial charge in [-0.2, -0.15) is 5.10 Å². The van der Waals surface area contributed by atoms with Crippen LogP contribution in [0.4, 0.5) is 0 Å². The van der Waals surface area contributed by atoms with Crippen LogP contribution in [-0.4, -0.2) is 40.1 Å². The van der Waals surface area contributed by atoms with Crippen molar-refractivity contribution in [3.05, 3.63) is 60.3 Å². The molecule has 0 saturated carbocycles. The normalized spacial score (nSPS) is 17.2. The molecule has 4 rings (SSSR count). The smallest absolute Gasteiger partial charge is 0.246 e. The van der Waals surface area contributed by atoms with Crippen LogP contribution >= 0.6 is 0 Å². The number of aromatic nitrogens is 2. The molecular weight excluding hydrogens is 362 g/mol. The van der Waals surface area contributed by atoms with E-state index in [1.165, 1.54) is 6.42 Å².